The predicted octanol–water partition coefficient (Wildman–Crippen LogP) is 2.95. The van der Waals surface area contributed by atoms with Gasteiger partial charge in [-0.05, 0) is 30.2 Å². The van der Waals surface area contributed by atoms with E-state index in [1.54, 1.807) is 11.3 Å². The lowest BCUT2D eigenvalue weighted by Gasteiger charge is -1.85. The fourth-order valence-corrected chi connectivity index (χ4v) is 1.75. The summed E-state index contributed by atoms with van der Waals surface area (Å²) in [5, 5.41) is 12.2. The van der Waals surface area contributed by atoms with Gasteiger partial charge in [0.2, 0.25) is 0 Å². The average Bonchev–Trinajstić information content (AvgIpc) is 2.65. The molecule has 0 saturated carbocycles. The fraction of sp³-hybridized carbons (Fsp3) is 0.333. The number of thiophene rings is 1. The largest absolute Gasteiger partial charge is 0.391 e. The first-order valence-electron chi connectivity index (χ1n) is 4.24. The van der Waals surface area contributed by atoms with E-state index in [0.717, 1.165) is 16.2 Å². The second-order valence-electron chi connectivity index (χ2n) is 2.61. The molecule has 1 N–H and O–H groups in total. The van der Waals surface area contributed by atoms with Crippen LogP contribution in [0.25, 0.3) is 16.5 Å². The van der Waals surface area contributed by atoms with E-state index in [2.05, 4.69) is 10.0 Å². The third kappa shape index (κ3) is 3.62. The van der Waals surface area contributed by atoms with Gasteiger partial charge in [0.1, 0.15) is 0 Å². The topological polar surface area (TPSA) is 69.0 Å². The van der Waals surface area contributed by atoms with E-state index in [0.29, 0.717) is 6.54 Å². The molecule has 0 aliphatic rings. The van der Waals surface area contributed by atoms with Crippen molar-refractivity contribution >= 4 is 17.4 Å². The number of rotatable bonds is 5. The van der Waals surface area contributed by atoms with Gasteiger partial charge in [-0.15, -0.1) is 11.3 Å². The normalized spacial score (nSPS) is 10.4. The summed E-state index contributed by atoms with van der Waals surface area (Å²) in [5.41, 5.74) is 8.03. The Morgan fingerprint density at radius 3 is 3.07 bits per heavy atom. The second kappa shape index (κ2) is 6.21. The van der Waals surface area contributed by atoms with E-state index in [9.17, 15) is 0 Å². The molecule has 0 aliphatic carbocycles. The van der Waals surface area contributed by atoms with Crippen molar-refractivity contribution in [1.82, 2.24) is 0 Å². The molecule has 74 valence electrons. The molecule has 0 bridgehead atoms. The van der Waals surface area contributed by atoms with Gasteiger partial charge in [-0.1, -0.05) is 11.2 Å². The zero-order valence-corrected chi connectivity index (χ0v) is 8.44. The van der Waals surface area contributed by atoms with Gasteiger partial charge in [0, 0.05) is 21.2 Å². The Balaban J connectivity index is 2.39. The lowest BCUT2D eigenvalue weighted by atomic mass is 10.3. The van der Waals surface area contributed by atoms with Crippen molar-refractivity contribution in [1.29, 1.82) is 0 Å². The SMILES string of the molecule is [N-]=[N+]=NCCC=Cc1ccc(CO)s1. The molecule has 0 amide bonds. The van der Waals surface area contributed by atoms with Gasteiger partial charge in [-0.25, -0.2) is 0 Å². The molecule has 1 heterocycles. The lowest BCUT2D eigenvalue weighted by Crippen LogP contribution is -1.71. The lowest BCUT2D eigenvalue weighted by molar-refractivity contribution is 0.285. The molecule has 0 aliphatic heterocycles. The Bertz CT molecular complexity index is 353. The molecule has 5 heteroatoms. The smallest absolute Gasteiger partial charge is 0.0774 e. The Morgan fingerprint density at radius 1 is 1.57 bits per heavy atom. The van der Waals surface area contributed by atoms with Crippen LogP contribution in [-0.4, -0.2) is 11.7 Å². The van der Waals surface area contributed by atoms with Gasteiger partial charge in [-0.3, -0.25) is 0 Å². The first kappa shape index (κ1) is 10.8. The van der Waals surface area contributed by atoms with E-state index in [1.165, 1.54) is 0 Å². The molecular formula is C9H11N3OS. The van der Waals surface area contributed by atoms with Crippen LogP contribution >= 0.6 is 11.3 Å². The maximum atomic E-state index is 8.82. The van der Waals surface area contributed by atoms with Gasteiger partial charge >= 0.3 is 0 Å². The summed E-state index contributed by atoms with van der Waals surface area (Å²) in [4.78, 5) is 4.72. The van der Waals surface area contributed by atoms with E-state index < -0.39 is 0 Å². The highest BCUT2D eigenvalue weighted by molar-refractivity contribution is 7.12. The standard InChI is InChI=1S/C9H11N3OS/c10-12-11-6-2-1-3-8-4-5-9(7-13)14-8/h1,3-5,13H,2,6-7H2. The van der Waals surface area contributed by atoms with E-state index in [1.807, 2.05) is 24.3 Å². The van der Waals surface area contributed by atoms with E-state index in [4.69, 9.17) is 10.6 Å². The molecule has 0 unspecified atom stereocenters. The molecule has 0 spiro atoms. The summed E-state index contributed by atoms with van der Waals surface area (Å²) in [6.07, 6.45) is 4.68. The average molecular weight is 209 g/mol. The van der Waals surface area contributed by atoms with Crippen molar-refractivity contribution in [2.24, 2.45) is 5.11 Å². The maximum absolute atomic E-state index is 8.82. The van der Waals surface area contributed by atoms with Gasteiger partial charge < -0.3 is 5.11 Å². The predicted molar refractivity (Wildman–Crippen MR) is 57.9 cm³/mol. The van der Waals surface area contributed by atoms with Gasteiger partial charge in [-0.2, -0.15) is 0 Å². The summed E-state index contributed by atoms with van der Waals surface area (Å²) < 4.78 is 0. The van der Waals surface area contributed by atoms with Crippen LogP contribution in [0.15, 0.2) is 23.3 Å². The van der Waals surface area contributed by atoms with Crippen LogP contribution in [0, 0.1) is 0 Å². The molecule has 0 fully saturated rings. The highest BCUT2D eigenvalue weighted by atomic mass is 32.1. The molecule has 0 radical (unpaired) electrons. The van der Waals surface area contributed by atoms with E-state index in [-0.39, 0.29) is 6.61 Å². The highest BCUT2D eigenvalue weighted by Crippen LogP contribution is 2.17. The van der Waals surface area contributed by atoms with Crippen LogP contribution in [0.2, 0.25) is 0 Å². The summed E-state index contributed by atoms with van der Waals surface area (Å²) in [6, 6.07) is 3.86. The van der Waals surface area contributed by atoms with Crippen molar-refractivity contribution in [3.63, 3.8) is 0 Å². The minimum absolute atomic E-state index is 0.0945. The van der Waals surface area contributed by atoms with Crippen LogP contribution in [0.1, 0.15) is 16.2 Å². The Morgan fingerprint density at radius 2 is 2.43 bits per heavy atom. The molecule has 14 heavy (non-hydrogen) atoms. The third-order valence-electron chi connectivity index (χ3n) is 1.58. The van der Waals surface area contributed by atoms with Crippen LogP contribution < -0.4 is 0 Å². The number of aliphatic hydroxyl groups excluding tert-OH is 1. The minimum atomic E-state index is 0.0945. The van der Waals surface area contributed by atoms with Crippen molar-refractivity contribution in [3.8, 4) is 0 Å². The third-order valence-corrected chi connectivity index (χ3v) is 2.61. The summed E-state index contributed by atoms with van der Waals surface area (Å²) in [5.74, 6) is 0. The van der Waals surface area contributed by atoms with E-state index >= 15 is 0 Å². The quantitative estimate of drug-likeness (QED) is 0.344. The Hall–Kier alpha value is -1.29. The molecule has 1 aromatic heterocycles. The fourth-order valence-electron chi connectivity index (χ4n) is 0.946. The monoisotopic (exact) mass is 209 g/mol. The Kier molecular flexibility index (Phi) is 4.78. The van der Waals surface area contributed by atoms with Crippen molar-refractivity contribution in [3.05, 3.63) is 38.4 Å². The van der Waals surface area contributed by atoms with Crippen molar-refractivity contribution in [2.45, 2.75) is 13.0 Å². The number of hydrogen-bond donors (Lipinski definition) is 1. The Labute approximate surface area is 86.1 Å². The molecule has 1 rings (SSSR count). The van der Waals surface area contributed by atoms with Crippen LogP contribution in [-0.2, 0) is 6.61 Å². The molecule has 4 nitrogen and oxygen atoms in total. The maximum Gasteiger partial charge on any atom is 0.0774 e. The number of aliphatic hydroxyl groups is 1. The molecule has 0 saturated heterocycles. The zero-order valence-electron chi connectivity index (χ0n) is 7.63. The number of azide groups is 1. The number of nitrogens with zero attached hydrogens (tertiary/aromatic N) is 3. The zero-order chi connectivity index (χ0) is 10.2. The second-order valence-corrected chi connectivity index (χ2v) is 3.81. The van der Waals surface area contributed by atoms with Gasteiger partial charge in [0.25, 0.3) is 0 Å². The van der Waals surface area contributed by atoms with Crippen molar-refractivity contribution < 1.29 is 5.11 Å². The van der Waals surface area contributed by atoms with Gasteiger partial charge in [0.05, 0.1) is 6.61 Å². The first-order valence-corrected chi connectivity index (χ1v) is 5.05. The van der Waals surface area contributed by atoms with Crippen LogP contribution in [0.3, 0.4) is 0 Å². The van der Waals surface area contributed by atoms with Gasteiger partial charge in [0.15, 0.2) is 0 Å². The first-order chi connectivity index (χ1) is 6.86. The summed E-state index contributed by atoms with van der Waals surface area (Å²) >= 11 is 1.56. The van der Waals surface area contributed by atoms with Crippen molar-refractivity contribution in [2.75, 3.05) is 6.54 Å². The number of hydrogen-bond acceptors (Lipinski definition) is 3. The molecule has 0 aromatic carbocycles. The van der Waals surface area contributed by atoms with Crippen LogP contribution in [0.4, 0.5) is 0 Å². The highest BCUT2D eigenvalue weighted by Gasteiger charge is 1.93. The molecule has 0 atom stereocenters. The minimum Gasteiger partial charge on any atom is -0.391 e. The summed E-state index contributed by atoms with van der Waals surface area (Å²) in [7, 11) is 0. The molecular weight excluding hydrogens is 198 g/mol. The van der Waals surface area contributed by atoms with Crippen LogP contribution in [0.5, 0.6) is 0 Å². The summed E-state index contributed by atoms with van der Waals surface area (Å²) in [6.45, 7) is 0.586. The molecule has 1 aromatic rings.